The molecule has 0 fully saturated rings. The number of aryl methyl sites for hydroxylation is 1. The summed E-state index contributed by atoms with van der Waals surface area (Å²) in [4.78, 5) is 15.8. The number of carbonyl (C=O) groups is 1. The van der Waals surface area contributed by atoms with Crippen LogP contribution in [0, 0.1) is 6.92 Å². The number of rotatable bonds is 2. The standard InChI is InChI=1S/C13H12ClN3O/c1-8-2-4-11(10(14)6-8)17-13(18)9-3-5-12(15)16-7-9/h2-7H,1H3,(H2,15,16)(H,17,18). The number of nitrogens with one attached hydrogen (secondary N) is 1. The molecule has 5 heteroatoms. The van der Waals surface area contributed by atoms with Crippen LogP contribution < -0.4 is 11.1 Å². The molecule has 0 atom stereocenters. The van der Waals surface area contributed by atoms with Crippen LogP contribution >= 0.6 is 11.6 Å². The summed E-state index contributed by atoms with van der Waals surface area (Å²) < 4.78 is 0. The first-order valence-electron chi connectivity index (χ1n) is 5.35. The Kier molecular flexibility index (Phi) is 3.48. The Bertz CT molecular complexity index is 581. The molecule has 0 saturated heterocycles. The van der Waals surface area contributed by atoms with Crippen molar-refractivity contribution in [3.05, 3.63) is 52.7 Å². The van der Waals surface area contributed by atoms with Crippen LogP contribution in [-0.4, -0.2) is 10.9 Å². The normalized spacial score (nSPS) is 10.1. The van der Waals surface area contributed by atoms with Crippen molar-refractivity contribution in [1.29, 1.82) is 0 Å². The van der Waals surface area contributed by atoms with Crippen molar-refractivity contribution in [2.24, 2.45) is 0 Å². The second-order valence-electron chi connectivity index (χ2n) is 3.91. The lowest BCUT2D eigenvalue weighted by Gasteiger charge is -2.07. The molecule has 2 rings (SSSR count). The maximum atomic E-state index is 11.9. The molecule has 4 nitrogen and oxygen atoms in total. The van der Waals surface area contributed by atoms with Gasteiger partial charge in [-0.25, -0.2) is 4.98 Å². The summed E-state index contributed by atoms with van der Waals surface area (Å²) >= 11 is 6.04. The Morgan fingerprint density at radius 1 is 1.33 bits per heavy atom. The molecule has 18 heavy (non-hydrogen) atoms. The third kappa shape index (κ3) is 2.78. The summed E-state index contributed by atoms with van der Waals surface area (Å²) in [6, 6.07) is 8.62. The Hall–Kier alpha value is -2.07. The number of halogens is 1. The van der Waals surface area contributed by atoms with E-state index < -0.39 is 0 Å². The van der Waals surface area contributed by atoms with Crippen LogP contribution in [0.15, 0.2) is 36.5 Å². The van der Waals surface area contributed by atoms with Gasteiger partial charge in [-0.2, -0.15) is 0 Å². The van der Waals surface area contributed by atoms with E-state index in [1.54, 1.807) is 24.3 Å². The number of hydrogen-bond acceptors (Lipinski definition) is 3. The lowest BCUT2D eigenvalue weighted by atomic mass is 10.2. The van der Waals surface area contributed by atoms with Gasteiger partial charge in [-0.1, -0.05) is 17.7 Å². The van der Waals surface area contributed by atoms with E-state index in [0.717, 1.165) is 5.56 Å². The highest BCUT2D eigenvalue weighted by Gasteiger charge is 2.08. The number of nitrogens with zero attached hydrogens (tertiary/aromatic N) is 1. The third-order valence-corrected chi connectivity index (χ3v) is 2.73. The summed E-state index contributed by atoms with van der Waals surface area (Å²) in [5.74, 6) is 0.105. The Balaban J connectivity index is 2.18. The molecule has 0 saturated carbocycles. The summed E-state index contributed by atoms with van der Waals surface area (Å²) in [6.07, 6.45) is 1.42. The van der Waals surface area contributed by atoms with Gasteiger partial charge in [-0.05, 0) is 36.8 Å². The van der Waals surface area contributed by atoms with Crippen molar-refractivity contribution in [2.45, 2.75) is 6.92 Å². The fraction of sp³-hybridized carbons (Fsp3) is 0.0769. The van der Waals surface area contributed by atoms with Gasteiger partial charge in [0.1, 0.15) is 5.82 Å². The number of anilines is 2. The van der Waals surface area contributed by atoms with Crippen LogP contribution in [0.3, 0.4) is 0 Å². The van der Waals surface area contributed by atoms with Crippen molar-refractivity contribution in [3.63, 3.8) is 0 Å². The molecule has 0 aliphatic rings. The predicted octanol–water partition coefficient (Wildman–Crippen LogP) is 2.88. The van der Waals surface area contributed by atoms with Crippen molar-refractivity contribution >= 4 is 29.0 Å². The largest absolute Gasteiger partial charge is 0.384 e. The first-order valence-corrected chi connectivity index (χ1v) is 5.73. The minimum atomic E-state index is -0.270. The van der Waals surface area contributed by atoms with Gasteiger partial charge in [-0.3, -0.25) is 4.79 Å². The zero-order valence-corrected chi connectivity index (χ0v) is 10.5. The van der Waals surface area contributed by atoms with Crippen LogP contribution in [-0.2, 0) is 0 Å². The predicted molar refractivity (Wildman–Crippen MR) is 72.8 cm³/mol. The number of aromatic nitrogens is 1. The maximum absolute atomic E-state index is 11.9. The number of benzene rings is 1. The van der Waals surface area contributed by atoms with Gasteiger partial charge in [0.05, 0.1) is 16.3 Å². The average molecular weight is 262 g/mol. The summed E-state index contributed by atoms with van der Waals surface area (Å²) in [7, 11) is 0. The second-order valence-corrected chi connectivity index (χ2v) is 4.32. The second kappa shape index (κ2) is 5.06. The van der Waals surface area contributed by atoms with E-state index in [2.05, 4.69) is 10.3 Å². The molecule has 1 amide bonds. The monoisotopic (exact) mass is 261 g/mol. The molecule has 0 bridgehead atoms. The highest BCUT2D eigenvalue weighted by Crippen LogP contribution is 2.23. The number of amides is 1. The molecule has 2 aromatic rings. The van der Waals surface area contributed by atoms with Gasteiger partial charge in [0.15, 0.2) is 0 Å². The lowest BCUT2D eigenvalue weighted by Crippen LogP contribution is -2.12. The van der Waals surface area contributed by atoms with Crippen LogP contribution in [0.5, 0.6) is 0 Å². The number of hydrogen-bond donors (Lipinski definition) is 2. The zero-order chi connectivity index (χ0) is 13.1. The highest BCUT2D eigenvalue weighted by molar-refractivity contribution is 6.34. The van der Waals surface area contributed by atoms with Crippen LogP contribution in [0.2, 0.25) is 5.02 Å². The summed E-state index contributed by atoms with van der Waals surface area (Å²) in [5, 5.41) is 3.23. The van der Waals surface area contributed by atoms with Crippen LogP contribution in [0.25, 0.3) is 0 Å². The highest BCUT2D eigenvalue weighted by atomic mass is 35.5. The summed E-state index contributed by atoms with van der Waals surface area (Å²) in [6.45, 7) is 1.93. The molecule has 0 aliphatic carbocycles. The molecule has 0 unspecified atom stereocenters. The first-order chi connectivity index (χ1) is 8.56. The molecule has 1 heterocycles. The fourth-order valence-corrected chi connectivity index (χ4v) is 1.74. The Labute approximate surface area is 110 Å². The number of nitrogens with two attached hydrogens (primary N) is 1. The van der Waals surface area contributed by atoms with Crippen molar-refractivity contribution in [1.82, 2.24) is 4.98 Å². The van der Waals surface area contributed by atoms with Gasteiger partial charge in [-0.15, -0.1) is 0 Å². The molecule has 0 spiro atoms. The van der Waals surface area contributed by atoms with Gasteiger partial charge in [0.2, 0.25) is 0 Å². The van der Waals surface area contributed by atoms with E-state index in [4.69, 9.17) is 17.3 Å². The fourth-order valence-electron chi connectivity index (χ4n) is 1.46. The molecule has 0 radical (unpaired) electrons. The minimum Gasteiger partial charge on any atom is -0.384 e. The van der Waals surface area contributed by atoms with Gasteiger partial charge < -0.3 is 11.1 Å². The molecular formula is C13H12ClN3O. The van der Waals surface area contributed by atoms with E-state index in [9.17, 15) is 4.79 Å². The topological polar surface area (TPSA) is 68.0 Å². The van der Waals surface area contributed by atoms with E-state index in [0.29, 0.717) is 22.1 Å². The van der Waals surface area contributed by atoms with Gasteiger partial charge in [0, 0.05) is 6.20 Å². The molecule has 3 N–H and O–H groups in total. The maximum Gasteiger partial charge on any atom is 0.257 e. The molecule has 0 aliphatic heterocycles. The third-order valence-electron chi connectivity index (χ3n) is 2.42. The van der Waals surface area contributed by atoms with Crippen molar-refractivity contribution in [3.8, 4) is 0 Å². The SMILES string of the molecule is Cc1ccc(NC(=O)c2ccc(N)nc2)c(Cl)c1. The zero-order valence-electron chi connectivity index (χ0n) is 9.77. The lowest BCUT2D eigenvalue weighted by molar-refractivity contribution is 0.102. The molecular weight excluding hydrogens is 250 g/mol. The van der Waals surface area contributed by atoms with E-state index in [1.807, 2.05) is 13.0 Å². The Morgan fingerprint density at radius 3 is 2.72 bits per heavy atom. The van der Waals surface area contributed by atoms with E-state index in [1.165, 1.54) is 6.20 Å². The quantitative estimate of drug-likeness (QED) is 0.873. The van der Waals surface area contributed by atoms with Crippen molar-refractivity contribution in [2.75, 3.05) is 11.1 Å². The van der Waals surface area contributed by atoms with Gasteiger partial charge >= 0.3 is 0 Å². The smallest absolute Gasteiger partial charge is 0.257 e. The first kappa shape index (κ1) is 12.4. The van der Waals surface area contributed by atoms with E-state index in [-0.39, 0.29) is 5.91 Å². The number of nitrogen functional groups attached to an aromatic ring is 1. The molecule has 1 aromatic heterocycles. The summed E-state index contributed by atoms with van der Waals surface area (Å²) in [5.41, 5.74) is 7.50. The van der Waals surface area contributed by atoms with Crippen LogP contribution in [0.4, 0.5) is 11.5 Å². The molecule has 92 valence electrons. The van der Waals surface area contributed by atoms with Gasteiger partial charge in [0.25, 0.3) is 5.91 Å². The minimum absolute atomic E-state index is 0.270. The van der Waals surface area contributed by atoms with E-state index >= 15 is 0 Å². The molecule has 1 aromatic carbocycles. The van der Waals surface area contributed by atoms with Crippen molar-refractivity contribution < 1.29 is 4.79 Å². The average Bonchev–Trinajstić information content (AvgIpc) is 2.33. The van der Waals surface area contributed by atoms with Crippen LogP contribution in [0.1, 0.15) is 15.9 Å². The Morgan fingerprint density at radius 2 is 2.11 bits per heavy atom. The number of carbonyl (C=O) groups excluding carboxylic acids is 1. The number of pyridine rings is 1.